The fraction of sp³-hybridized carbons (Fsp3) is 0.583. The molecule has 2 bridgehead atoms. The molecule has 1 unspecified atom stereocenters. The summed E-state index contributed by atoms with van der Waals surface area (Å²) in [5.74, 6) is 1.24. The lowest BCUT2D eigenvalue weighted by Gasteiger charge is -2.36. The van der Waals surface area contributed by atoms with Crippen LogP contribution in [0.25, 0.3) is 0 Å². The van der Waals surface area contributed by atoms with E-state index < -0.39 is 0 Å². The van der Waals surface area contributed by atoms with Crippen molar-refractivity contribution >= 4 is 0 Å². The van der Waals surface area contributed by atoms with Crippen molar-refractivity contribution in [2.75, 3.05) is 13.1 Å². The molecule has 1 aromatic rings. The molecule has 2 heterocycles. The highest BCUT2D eigenvalue weighted by Gasteiger charge is 2.31. The van der Waals surface area contributed by atoms with E-state index in [1.807, 2.05) is 13.2 Å². The molecule has 1 saturated heterocycles. The standard InChI is InChI=1S/C12H16N2O/c1-14-3-2-10-9-4-8(6-13-7-9)5-11(10)12(14)15/h2-3,8-9,13H,4-7H2,1H3/t8-,9?/m0/s1. The van der Waals surface area contributed by atoms with Crippen molar-refractivity contribution in [2.24, 2.45) is 13.0 Å². The Labute approximate surface area is 89.1 Å². The quantitative estimate of drug-likeness (QED) is 0.672. The van der Waals surface area contributed by atoms with Gasteiger partial charge in [0.25, 0.3) is 5.56 Å². The number of hydrogen-bond acceptors (Lipinski definition) is 2. The van der Waals surface area contributed by atoms with Crippen molar-refractivity contribution in [3.05, 3.63) is 33.7 Å². The molecule has 1 aliphatic heterocycles. The lowest BCUT2D eigenvalue weighted by atomic mass is 9.75. The summed E-state index contributed by atoms with van der Waals surface area (Å²) in [5, 5.41) is 3.45. The minimum absolute atomic E-state index is 0.212. The first-order valence-corrected chi connectivity index (χ1v) is 5.65. The summed E-state index contributed by atoms with van der Waals surface area (Å²) in [6.45, 7) is 2.12. The van der Waals surface area contributed by atoms with E-state index >= 15 is 0 Å². The third-order valence-electron chi connectivity index (χ3n) is 3.78. The molecule has 1 aliphatic carbocycles. The number of rotatable bonds is 0. The zero-order chi connectivity index (χ0) is 10.4. The first kappa shape index (κ1) is 9.16. The molecule has 0 amide bonds. The maximum absolute atomic E-state index is 12.0. The number of aryl methyl sites for hydroxylation is 1. The number of hydrogen-bond donors (Lipinski definition) is 1. The van der Waals surface area contributed by atoms with E-state index in [9.17, 15) is 4.79 Å². The van der Waals surface area contributed by atoms with Crippen molar-refractivity contribution < 1.29 is 0 Å². The van der Waals surface area contributed by atoms with Gasteiger partial charge in [0.05, 0.1) is 0 Å². The minimum Gasteiger partial charge on any atom is -0.318 e. The van der Waals surface area contributed by atoms with Crippen LogP contribution in [0, 0.1) is 5.92 Å². The molecule has 0 aromatic carbocycles. The summed E-state index contributed by atoms with van der Waals surface area (Å²) in [7, 11) is 1.84. The Morgan fingerprint density at radius 2 is 2.33 bits per heavy atom. The smallest absolute Gasteiger partial charge is 0.253 e. The molecule has 1 aromatic heterocycles. The van der Waals surface area contributed by atoms with Crippen LogP contribution in [0.1, 0.15) is 23.5 Å². The van der Waals surface area contributed by atoms with Crippen LogP contribution >= 0.6 is 0 Å². The average molecular weight is 204 g/mol. The highest BCUT2D eigenvalue weighted by molar-refractivity contribution is 5.32. The molecular weight excluding hydrogens is 188 g/mol. The Balaban J connectivity index is 2.17. The van der Waals surface area contributed by atoms with E-state index in [4.69, 9.17) is 0 Å². The molecule has 2 aliphatic rings. The van der Waals surface area contributed by atoms with Gasteiger partial charge in [-0.25, -0.2) is 0 Å². The number of fused-ring (bicyclic) bond motifs is 4. The summed E-state index contributed by atoms with van der Waals surface area (Å²) in [5.41, 5.74) is 2.58. The van der Waals surface area contributed by atoms with Crippen LogP contribution < -0.4 is 10.9 Å². The van der Waals surface area contributed by atoms with Gasteiger partial charge >= 0.3 is 0 Å². The summed E-state index contributed by atoms with van der Waals surface area (Å²) >= 11 is 0. The van der Waals surface area contributed by atoms with Gasteiger partial charge in [0.15, 0.2) is 0 Å². The molecular formula is C12H16N2O. The van der Waals surface area contributed by atoms with Crippen LogP contribution in [-0.2, 0) is 13.5 Å². The summed E-state index contributed by atoms with van der Waals surface area (Å²) < 4.78 is 1.70. The van der Waals surface area contributed by atoms with E-state index in [1.165, 1.54) is 12.0 Å². The zero-order valence-corrected chi connectivity index (χ0v) is 8.99. The first-order chi connectivity index (χ1) is 7.25. The SMILES string of the molecule is Cn1ccc2c(c1=O)C[C@H]1CNCC2C1. The van der Waals surface area contributed by atoms with Crippen molar-refractivity contribution in [1.82, 2.24) is 9.88 Å². The van der Waals surface area contributed by atoms with Gasteiger partial charge in [-0.15, -0.1) is 0 Å². The molecule has 1 N–H and O–H groups in total. The Bertz CT molecular complexity index is 449. The second-order valence-electron chi connectivity index (χ2n) is 4.83. The molecule has 80 valence electrons. The molecule has 1 fully saturated rings. The second kappa shape index (κ2) is 3.20. The van der Waals surface area contributed by atoms with Gasteiger partial charge in [0.2, 0.25) is 0 Å². The second-order valence-corrected chi connectivity index (χ2v) is 4.83. The number of nitrogens with zero attached hydrogens (tertiary/aromatic N) is 1. The van der Waals surface area contributed by atoms with Crippen LogP contribution in [-0.4, -0.2) is 17.7 Å². The average Bonchev–Trinajstić information content (AvgIpc) is 2.25. The van der Waals surface area contributed by atoms with Gasteiger partial charge in [0, 0.05) is 25.4 Å². The lowest BCUT2D eigenvalue weighted by Crippen LogP contribution is -2.42. The topological polar surface area (TPSA) is 34.0 Å². The molecule has 0 spiro atoms. The predicted octanol–water partition coefficient (Wildman–Crippen LogP) is 0.634. The van der Waals surface area contributed by atoms with E-state index in [0.717, 1.165) is 25.1 Å². The van der Waals surface area contributed by atoms with E-state index in [-0.39, 0.29) is 5.56 Å². The summed E-state index contributed by atoms with van der Waals surface area (Å²) in [6, 6.07) is 2.13. The molecule has 15 heavy (non-hydrogen) atoms. The van der Waals surface area contributed by atoms with Crippen LogP contribution in [0.4, 0.5) is 0 Å². The summed E-state index contributed by atoms with van der Waals surface area (Å²) in [6.07, 6.45) is 4.12. The van der Waals surface area contributed by atoms with Crippen molar-refractivity contribution in [3.8, 4) is 0 Å². The number of nitrogens with one attached hydrogen (secondary N) is 1. The molecule has 2 atom stereocenters. The maximum Gasteiger partial charge on any atom is 0.253 e. The third kappa shape index (κ3) is 1.34. The maximum atomic E-state index is 12.0. The van der Waals surface area contributed by atoms with Gasteiger partial charge in [0.1, 0.15) is 0 Å². The normalized spacial score (nSPS) is 28.6. The first-order valence-electron chi connectivity index (χ1n) is 5.65. The van der Waals surface area contributed by atoms with E-state index in [1.54, 1.807) is 4.57 Å². The zero-order valence-electron chi connectivity index (χ0n) is 8.99. The number of aromatic nitrogens is 1. The van der Waals surface area contributed by atoms with Crippen molar-refractivity contribution in [3.63, 3.8) is 0 Å². The Kier molecular flexibility index (Phi) is 1.96. The van der Waals surface area contributed by atoms with E-state index in [0.29, 0.717) is 11.8 Å². The molecule has 3 rings (SSSR count). The Hall–Kier alpha value is -1.09. The summed E-state index contributed by atoms with van der Waals surface area (Å²) in [4.78, 5) is 12.0. The van der Waals surface area contributed by atoms with Gasteiger partial charge in [-0.1, -0.05) is 0 Å². The van der Waals surface area contributed by atoms with Crippen molar-refractivity contribution in [2.45, 2.75) is 18.8 Å². The van der Waals surface area contributed by atoms with Gasteiger partial charge < -0.3 is 9.88 Å². The van der Waals surface area contributed by atoms with Gasteiger partial charge in [-0.05, 0) is 42.9 Å². The third-order valence-corrected chi connectivity index (χ3v) is 3.78. The highest BCUT2D eigenvalue weighted by atomic mass is 16.1. The lowest BCUT2D eigenvalue weighted by molar-refractivity contribution is 0.316. The molecule has 3 nitrogen and oxygen atoms in total. The highest BCUT2D eigenvalue weighted by Crippen LogP contribution is 2.34. The fourth-order valence-corrected chi connectivity index (χ4v) is 3.00. The largest absolute Gasteiger partial charge is 0.318 e. The Morgan fingerprint density at radius 3 is 3.20 bits per heavy atom. The fourth-order valence-electron chi connectivity index (χ4n) is 3.00. The molecule has 0 saturated carbocycles. The predicted molar refractivity (Wildman–Crippen MR) is 59.1 cm³/mol. The van der Waals surface area contributed by atoms with Gasteiger partial charge in [-0.3, -0.25) is 4.79 Å². The van der Waals surface area contributed by atoms with Crippen LogP contribution in [0.5, 0.6) is 0 Å². The van der Waals surface area contributed by atoms with Crippen LogP contribution in [0.15, 0.2) is 17.1 Å². The van der Waals surface area contributed by atoms with E-state index in [2.05, 4.69) is 11.4 Å². The van der Waals surface area contributed by atoms with Crippen LogP contribution in [0.3, 0.4) is 0 Å². The van der Waals surface area contributed by atoms with Crippen LogP contribution in [0.2, 0.25) is 0 Å². The molecule has 3 heteroatoms. The minimum atomic E-state index is 0.212. The van der Waals surface area contributed by atoms with Gasteiger partial charge in [-0.2, -0.15) is 0 Å². The van der Waals surface area contributed by atoms with Crippen molar-refractivity contribution in [1.29, 1.82) is 0 Å². The monoisotopic (exact) mass is 204 g/mol. The Morgan fingerprint density at radius 1 is 1.47 bits per heavy atom. The number of piperidine rings is 1. The number of pyridine rings is 1. The molecule has 0 radical (unpaired) electrons.